The largest absolute Gasteiger partial charge is 0.379 e. The van der Waals surface area contributed by atoms with Crippen molar-refractivity contribution in [2.24, 2.45) is 0 Å². The molecular weight excluding hydrogens is 210 g/mol. The first kappa shape index (κ1) is 11.2. The minimum absolute atomic E-state index is 0.290. The van der Waals surface area contributed by atoms with E-state index in [1.807, 2.05) is 0 Å². The maximum atomic E-state index is 5.47. The minimum atomic E-state index is 0.290. The maximum absolute atomic E-state index is 5.47. The van der Waals surface area contributed by atoms with Crippen LogP contribution in [0.5, 0.6) is 0 Å². The second-order valence-corrected chi connectivity index (χ2v) is 6.02. The molecule has 1 fully saturated rings. The fourth-order valence-electron chi connectivity index (χ4n) is 3.16. The van der Waals surface area contributed by atoms with E-state index in [0.717, 1.165) is 26.3 Å². The van der Waals surface area contributed by atoms with E-state index < -0.39 is 0 Å². The normalized spacial score (nSPS) is 22.6. The molecular formula is C15H21NO. The number of fused-ring (bicyclic) bond motifs is 2. The fourth-order valence-corrected chi connectivity index (χ4v) is 3.16. The molecule has 0 N–H and O–H groups in total. The Hall–Kier alpha value is -0.860. The summed E-state index contributed by atoms with van der Waals surface area (Å²) < 4.78 is 5.47. The predicted molar refractivity (Wildman–Crippen MR) is 69.4 cm³/mol. The van der Waals surface area contributed by atoms with Crippen LogP contribution >= 0.6 is 0 Å². The van der Waals surface area contributed by atoms with Gasteiger partial charge in [-0.15, -0.1) is 0 Å². The van der Waals surface area contributed by atoms with E-state index in [4.69, 9.17) is 4.74 Å². The van der Waals surface area contributed by atoms with Gasteiger partial charge in [0.05, 0.1) is 18.6 Å². The van der Waals surface area contributed by atoms with E-state index in [1.54, 1.807) is 0 Å². The van der Waals surface area contributed by atoms with Gasteiger partial charge in [0.1, 0.15) is 0 Å². The lowest BCUT2D eigenvalue weighted by Gasteiger charge is -2.48. The summed E-state index contributed by atoms with van der Waals surface area (Å²) in [7, 11) is 2.21. The molecule has 0 saturated carbocycles. The third-order valence-electron chi connectivity index (χ3n) is 4.14. The Labute approximate surface area is 104 Å². The Kier molecular flexibility index (Phi) is 2.53. The van der Waals surface area contributed by atoms with Crippen molar-refractivity contribution in [3.8, 4) is 0 Å². The molecule has 1 aromatic carbocycles. The quantitative estimate of drug-likeness (QED) is 0.736. The summed E-state index contributed by atoms with van der Waals surface area (Å²) in [6.45, 7) is 8.53. The van der Waals surface area contributed by atoms with Crippen LogP contribution in [0.3, 0.4) is 0 Å². The molecule has 0 aliphatic carbocycles. The van der Waals surface area contributed by atoms with Crippen LogP contribution in [0.1, 0.15) is 36.5 Å². The van der Waals surface area contributed by atoms with E-state index in [9.17, 15) is 0 Å². The number of rotatable bonds is 1. The summed E-state index contributed by atoms with van der Waals surface area (Å²) >= 11 is 0. The summed E-state index contributed by atoms with van der Waals surface area (Å²) in [6.07, 6.45) is 0. The maximum Gasteiger partial charge on any atom is 0.0598 e. The van der Waals surface area contributed by atoms with Gasteiger partial charge in [-0.2, -0.15) is 0 Å². The topological polar surface area (TPSA) is 12.5 Å². The molecule has 1 aromatic rings. The van der Waals surface area contributed by atoms with Gasteiger partial charge in [-0.05, 0) is 29.7 Å². The van der Waals surface area contributed by atoms with Crippen LogP contribution in [0.2, 0.25) is 0 Å². The number of hydrogen-bond acceptors (Lipinski definition) is 2. The fraction of sp³-hybridized carbons (Fsp3) is 0.600. The third-order valence-corrected chi connectivity index (χ3v) is 4.14. The monoisotopic (exact) mass is 231 g/mol. The van der Waals surface area contributed by atoms with Crippen molar-refractivity contribution in [3.05, 3.63) is 34.9 Å². The van der Waals surface area contributed by atoms with Gasteiger partial charge in [0, 0.05) is 13.1 Å². The van der Waals surface area contributed by atoms with Crippen LogP contribution in [0.15, 0.2) is 18.2 Å². The highest BCUT2D eigenvalue weighted by Gasteiger charge is 2.44. The van der Waals surface area contributed by atoms with Gasteiger partial charge in [-0.1, -0.05) is 32.0 Å². The van der Waals surface area contributed by atoms with Gasteiger partial charge in [0.2, 0.25) is 0 Å². The van der Waals surface area contributed by atoms with E-state index in [2.05, 4.69) is 44.0 Å². The second kappa shape index (κ2) is 3.82. The van der Waals surface area contributed by atoms with Crippen LogP contribution in [0, 0.1) is 0 Å². The van der Waals surface area contributed by atoms with Crippen LogP contribution in [-0.4, -0.2) is 31.7 Å². The highest BCUT2D eigenvalue weighted by molar-refractivity contribution is 5.42. The molecule has 0 radical (unpaired) electrons. The van der Waals surface area contributed by atoms with E-state index >= 15 is 0 Å². The molecule has 17 heavy (non-hydrogen) atoms. The van der Waals surface area contributed by atoms with Gasteiger partial charge >= 0.3 is 0 Å². The molecule has 2 heteroatoms. The minimum Gasteiger partial charge on any atom is -0.379 e. The van der Waals surface area contributed by atoms with Gasteiger partial charge in [0.25, 0.3) is 0 Å². The van der Waals surface area contributed by atoms with Crippen molar-refractivity contribution in [1.29, 1.82) is 0 Å². The summed E-state index contributed by atoms with van der Waals surface area (Å²) in [4.78, 5) is 2.43. The van der Waals surface area contributed by atoms with Gasteiger partial charge in [-0.25, -0.2) is 0 Å². The predicted octanol–water partition coefficient (Wildman–Crippen LogP) is 2.52. The lowest BCUT2D eigenvalue weighted by Crippen LogP contribution is -2.56. The second-order valence-electron chi connectivity index (χ2n) is 6.02. The molecule has 0 amide bonds. The molecule has 0 bridgehead atoms. The summed E-state index contributed by atoms with van der Waals surface area (Å²) in [5, 5.41) is 0. The Morgan fingerprint density at radius 2 is 2.06 bits per heavy atom. The van der Waals surface area contributed by atoms with Gasteiger partial charge < -0.3 is 9.64 Å². The lowest BCUT2D eigenvalue weighted by atomic mass is 9.73. The average molecular weight is 231 g/mol. The van der Waals surface area contributed by atoms with Crippen molar-refractivity contribution >= 4 is 0 Å². The van der Waals surface area contributed by atoms with Crippen molar-refractivity contribution in [1.82, 2.24) is 4.90 Å². The Morgan fingerprint density at radius 3 is 2.65 bits per heavy atom. The van der Waals surface area contributed by atoms with Crippen molar-refractivity contribution in [2.45, 2.75) is 31.7 Å². The van der Waals surface area contributed by atoms with Crippen molar-refractivity contribution in [3.63, 3.8) is 0 Å². The van der Waals surface area contributed by atoms with Crippen molar-refractivity contribution < 1.29 is 4.74 Å². The molecule has 2 aliphatic heterocycles. The van der Waals surface area contributed by atoms with Crippen LogP contribution < -0.4 is 0 Å². The van der Waals surface area contributed by atoms with Gasteiger partial charge in [0.15, 0.2) is 0 Å². The molecule has 2 aliphatic rings. The first-order valence-corrected chi connectivity index (χ1v) is 6.50. The number of benzene rings is 1. The van der Waals surface area contributed by atoms with Crippen LogP contribution in [0.25, 0.3) is 0 Å². The summed E-state index contributed by atoms with van der Waals surface area (Å²) in [6, 6.07) is 7.05. The molecule has 92 valence electrons. The average Bonchev–Trinajstić information content (AvgIpc) is 2.24. The van der Waals surface area contributed by atoms with Crippen LogP contribution in [-0.2, 0) is 16.7 Å². The molecule has 1 saturated heterocycles. The summed E-state index contributed by atoms with van der Waals surface area (Å²) in [5.74, 6) is 0.612. The molecule has 2 heterocycles. The number of ether oxygens (including phenoxy) is 1. The number of hydrogen-bond donors (Lipinski definition) is 0. The molecule has 3 rings (SSSR count). The first-order chi connectivity index (χ1) is 8.11. The molecule has 0 aromatic heterocycles. The number of nitrogens with zero attached hydrogens (tertiary/aromatic N) is 1. The smallest absolute Gasteiger partial charge is 0.0598 e. The Morgan fingerprint density at radius 1 is 1.29 bits per heavy atom. The van der Waals surface area contributed by atoms with Gasteiger partial charge in [-0.3, -0.25) is 0 Å². The first-order valence-electron chi connectivity index (χ1n) is 6.50. The SMILES string of the molecule is CC(C)c1ccc2c(c1)CN(C)CC21COC1. The Balaban J connectivity index is 2.05. The standard InChI is InChI=1S/C15H21NO/c1-11(2)12-4-5-14-13(6-12)7-16(3)8-15(14)9-17-10-15/h4-6,11H,7-10H2,1-3H3. The highest BCUT2D eigenvalue weighted by atomic mass is 16.5. The zero-order chi connectivity index (χ0) is 12.0. The highest BCUT2D eigenvalue weighted by Crippen LogP contribution is 2.39. The molecule has 0 unspecified atom stereocenters. The van der Waals surface area contributed by atoms with Crippen LogP contribution in [0.4, 0.5) is 0 Å². The van der Waals surface area contributed by atoms with E-state index in [1.165, 1.54) is 16.7 Å². The van der Waals surface area contributed by atoms with E-state index in [0.29, 0.717) is 5.92 Å². The zero-order valence-corrected chi connectivity index (χ0v) is 11.0. The Bertz CT molecular complexity index is 435. The molecule has 1 spiro atoms. The third kappa shape index (κ3) is 1.71. The molecule has 0 atom stereocenters. The van der Waals surface area contributed by atoms with Crippen molar-refractivity contribution in [2.75, 3.05) is 26.8 Å². The summed E-state index contributed by atoms with van der Waals surface area (Å²) in [5.41, 5.74) is 4.78. The van der Waals surface area contributed by atoms with E-state index in [-0.39, 0.29) is 5.41 Å². The number of likely N-dealkylation sites (N-methyl/N-ethyl adjacent to an activating group) is 1. The zero-order valence-electron chi connectivity index (χ0n) is 11.0. The molecule has 2 nitrogen and oxygen atoms in total. The lowest BCUT2D eigenvalue weighted by molar-refractivity contribution is -0.0789.